The summed E-state index contributed by atoms with van der Waals surface area (Å²) < 4.78 is 1.23. The molecule has 1 aromatic carbocycles. The fraction of sp³-hybridized carbons (Fsp3) is 0.353. The average Bonchev–Trinajstić information content (AvgIpc) is 2.53. The molecule has 0 bridgehead atoms. The fourth-order valence-corrected chi connectivity index (χ4v) is 2.80. The Kier molecular flexibility index (Phi) is 6.17. The van der Waals surface area contributed by atoms with E-state index in [4.69, 9.17) is 17.3 Å². The first kappa shape index (κ1) is 19.0. The van der Waals surface area contributed by atoms with Gasteiger partial charge in [0.2, 0.25) is 5.78 Å². The molecule has 0 radical (unpaired) electrons. The van der Waals surface area contributed by atoms with E-state index in [0.717, 1.165) is 10.5 Å². The molecule has 0 saturated carbocycles. The molecule has 0 fully saturated rings. The number of likely N-dealkylation sites (N-methyl/N-ethyl adjacent to an activating group) is 1. The molecule has 0 aliphatic carbocycles. The van der Waals surface area contributed by atoms with Crippen LogP contribution in [0.15, 0.2) is 33.9 Å². The summed E-state index contributed by atoms with van der Waals surface area (Å²) in [5.41, 5.74) is 5.45. The Balaban J connectivity index is 2.20. The van der Waals surface area contributed by atoms with Gasteiger partial charge in [0.05, 0.1) is 7.05 Å². The van der Waals surface area contributed by atoms with Gasteiger partial charge in [-0.05, 0) is 18.6 Å². The van der Waals surface area contributed by atoms with Gasteiger partial charge < -0.3 is 10.6 Å². The third-order valence-electron chi connectivity index (χ3n) is 3.85. The number of ketones is 1. The summed E-state index contributed by atoms with van der Waals surface area (Å²) in [5.74, 6) is -0.463. The predicted molar refractivity (Wildman–Crippen MR) is 97.3 cm³/mol. The lowest BCUT2D eigenvalue weighted by Crippen LogP contribution is -3.08. The van der Waals surface area contributed by atoms with E-state index in [1.165, 1.54) is 4.57 Å². The molecule has 8 heteroatoms. The highest BCUT2D eigenvalue weighted by molar-refractivity contribution is 6.30. The zero-order chi connectivity index (χ0) is 18.6. The fourth-order valence-electron chi connectivity index (χ4n) is 2.68. The van der Waals surface area contributed by atoms with Gasteiger partial charge >= 0.3 is 5.69 Å². The van der Waals surface area contributed by atoms with Crippen molar-refractivity contribution in [2.45, 2.75) is 26.4 Å². The molecule has 1 heterocycles. The van der Waals surface area contributed by atoms with Crippen molar-refractivity contribution in [1.82, 2.24) is 9.55 Å². The molecule has 25 heavy (non-hydrogen) atoms. The molecule has 1 aromatic heterocycles. The molecular weight excluding hydrogens is 344 g/mol. The smallest absolute Gasteiger partial charge is 0.329 e. The van der Waals surface area contributed by atoms with Gasteiger partial charge in [0, 0.05) is 17.1 Å². The number of hydrogen-bond acceptors (Lipinski definition) is 4. The van der Waals surface area contributed by atoms with Crippen molar-refractivity contribution in [1.29, 1.82) is 0 Å². The van der Waals surface area contributed by atoms with Crippen LogP contribution in [0, 0.1) is 0 Å². The molecule has 2 aromatic rings. The number of aromatic amines is 1. The summed E-state index contributed by atoms with van der Waals surface area (Å²) in [4.78, 5) is 39.5. The van der Waals surface area contributed by atoms with Crippen molar-refractivity contribution < 1.29 is 9.69 Å². The van der Waals surface area contributed by atoms with Crippen LogP contribution in [0.1, 0.15) is 29.3 Å². The number of aromatic nitrogens is 2. The van der Waals surface area contributed by atoms with Crippen LogP contribution in [0.4, 0.5) is 5.82 Å². The lowest BCUT2D eigenvalue weighted by atomic mass is 10.1. The first-order valence-electron chi connectivity index (χ1n) is 8.05. The topological polar surface area (TPSA) is 102 Å². The molecule has 1 atom stereocenters. The second-order valence-electron chi connectivity index (χ2n) is 6.03. The van der Waals surface area contributed by atoms with Gasteiger partial charge in [-0.1, -0.05) is 30.7 Å². The molecule has 1 unspecified atom stereocenters. The van der Waals surface area contributed by atoms with E-state index < -0.39 is 17.0 Å². The van der Waals surface area contributed by atoms with E-state index in [1.807, 2.05) is 26.1 Å². The standard InChI is InChI=1S/C17H21ClN4O3/c1-3-8-22-15(19)14(16(24)20-17(22)25)13(23)10-21(2)9-11-4-6-12(18)7-5-11/h4-7H,3,8-10,19H2,1-2H3,(H,20,24,25)/p+1. The number of H-pyrrole nitrogens is 1. The summed E-state index contributed by atoms with van der Waals surface area (Å²) in [6, 6.07) is 7.35. The largest absolute Gasteiger partial charge is 0.384 e. The highest BCUT2D eigenvalue weighted by atomic mass is 35.5. The Labute approximate surface area is 150 Å². The average molecular weight is 366 g/mol. The first-order valence-corrected chi connectivity index (χ1v) is 8.42. The van der Waals surface area contributed by atoms with Crippen molar-refractivity contribution in [2.24, 2.45) is 0 Å². The molecular formula is C17H22ClN4O3+. The molecule has 2 rings (SSSR count). The van der Waals surface area contributed by atoms with Gasteiger partial charge in [0.15, 0.2) is 0 Å². The van der Waals surface area contributed by atoms with Crippen molar-refractivity contribution in [2.75, 3.05) is 19.3 Å². The quantitative estimate of drug-likeness (QED) is 0.605. The number of nitrogen functional groups attached to an aromatic ring is 1. The van der Waals surface area contributed by atoms with E-state index in [0.29, 0.717) is 24.5 Å². The number of hydrogen-bond donors (Lipinski definition) is 3. The molecule has 0 amide bonds. The number of anilines is 1. The number of carbonyl (C=O) groups excluding carboxylic acids is 1. The van der Waals surface area contributed by atoms with Crippen LogP contribution < -0.4 is 21.9 Å². The van der Waals surface area contributed by atoms with Gasteiger partial charge in [-0.3, -0.25) is 19.1 Å². The molecule has 0 spiro atoms. The molecule has 0 aliphatic heterocycles. The van der Waals surface area contributed by atoms with Crippen LogP contribution in [-0.4, -0.2) is 28.9 Å². The van der Waals surface area contributed by atoms with Crippen molar-refractivity contribution in [3.63, 3.8) is 0 Å². The van der Waals surface area contributed by atoms with Gasteiger partial charge in [-0.2, -0.15) is 0 Å². The highest BCUT2D eigenvalue weighted by Gasteiger charge is 2.22. The summed E-state index contributed by atoms with van der Waals surface area (Å²) in [6.45, 7) is 2.90. The zero-order valence-corrected chi connectivity index (χ0v) is 15.0. The van der Waals surface area contributed by atoms with Crippen LogP contribution in [0.5, 0.6) is 0 Å². The second-order valence-corrected chi connectivity index (χ2v) is 6.47. The third kappa shape index (κ3) is 4.58. The van der Waals surface area contributed by atoms with Gasteiger partial charge in [0.25, 0.3) is 5.56 Å². The normalized spacial score (nSPS) is 12.1. The molecule has 134 valence electrons. The lowest BCUT2D eigenvalue weighted by Gasteiger charge is -2.15. The monoisotopic (exact) mass is 365 g/mol. The van der Waals surface area contributed by atoms with Crippen molar-refractivity contribution >= 4 is 23.2 Å². The van der Waals surface area contributed by atoms with Crippen LogP contribution in [0.3, 0.4) is 0 Å². The molecule has 0 saturated heterocycles. The van der Waals surface area contributed by atoms with Crippen LogP contribution in [0.2, 0.25) is 5.02 Å². The van der Waals surface area contributed by atoms with Gasteiger partial charge in [-0.25, -0.2) is 4.79 Å². The summed E-state index contributed by atoms with van der Waals surface area (Å²) >= 11 is 5.86. The molecule has 0 aliphatic rings. The maximum Gasteiger partial charge on any atom is 0.329 e. The number of halogens is 1. The zero-order valence-electron chi connectivity index (χ0n) is 14.3. The highest BCUT2D eigenvalue weighted by Crippen LogP contribution is 2.08. The number of rotatable bonds is 7. The van der Waals surface area contributed by atoms with E-state index in [-0.39, 0.29) is 17.9 Å². The van der Waals surface area contributed by atoms with E-state index in [9.17, 15) is 14.4 Å². The minimum atomic E-state index is -0.737. The Morgan fingerprint density at radius 3 is 2.52 bits per heavy atom. The molecule has 7 nitrogen and oxygen atoms in total. The number of nitrogens with one attached hydrogen (secondary N) is 2. The SMILES string of the molecule is CCCn1c(N)c(C(=O)C[NH+](C)Cc2ccc(Cl)cc2)c(=O)[nH]c1=O. The number of benzene rings is 1. The van der Waals surface area contributed by atoms with Crippen LogP contribution in [-0.2, 0) is 13.1 Å². The Hall–Kier alpha value is -2.38. The number of nitrogens with zero attached hydrogens (tertiary/aromatic N) is 1. The predicted octanol–water partition coefficient (Wildman–Crippen LogP) is 0.0798. The number of quaternary nitrogens is 1. The van der Waals surface area contributed by atoms with Crippen LogP contribution in [0.25, 0.3) is 0 Å². The second kappa shape index (κ2) is 8.13. The van der Waals surface area contributed by atoms with E-state index >= 15 is 0 Å². The van der Waals surface area contributed by atoms with Crippen LogP contribution >= 0.6 is 11.6 Å². The number of nitrogens with two attached hydrogens (primary N) is 1. The van der Waals surface area contributed by atoms with E-state index in [2.05, 4.69) is 4.98 Å². The summed E-state index contributed by atoms with van der Waals surface area (Å²) in [7, 11) is 1.85. The minimum absolute atomic E-state index is 0.0695. The summed E-state index contributed by atoms with van der Waals surface area (Å²) in [5, 5.41) is 0.648. The Bertz CT molecular complexity index is 871. The van der Waals surface area contributed by atoms with E-state index in [1.54, 1.807) is 12.1 Å². The first-order chi connectivity index (χ1) is 11.8. The number of Topliss-reactive ketones (excluding diaryl/α,β-unsaturated/α-hetero) is 1. The Morgan fingerprint density at radius 1 is 1.28 bits per heavy atom. The Morgan fingerprint density at radius 2 is 1.92 bits per heavy atom. The van der Waals surface area contributed by atoms with Crippen molar-refractivity contribution in [3.05, 3.63) is 61.3 Å². The van der Waals surface area contributed by atoms with Gasteiger partial charge in [-0.15, -0.1) is 0 Å². The number of carbonyl (C=O) groups is 1. The van der Waals surface area contributed by atoms with Crippen molar-refractivity contribution in [3.8, 4) is 0 Å². The third-order valence-corrected chi connectivity index (χ3v) is 4.10. The van der Waals surface area contributed by atoms with Gasteiger partial charge in [0.1, 0.15) is 24.5 Å². The minimum Gasteiger partial charge on any atom is -0.384 e. The lowest BCUT2D eigenvalue weighted by molar-refractivity contribution is -0.884. The maximum absolute atomic E-state index is 12.6. The molecule has 4 N–H and O–H groups in total. The maximum atomic E-state index is 12.6. The summed E-state index contributed by atoms with van der Waals surface area (Å²) in [6.07, 6.45) is 0.658.